The van der Waals surface area contributed by atoms with Crippen LogP contribution in [-0.2, 0) is 11.4 Å². The van der Waals surface area contributed by atoms with Gasteiger partial charge in [0.2, 0.25) is 5.89 Å². The SMILES string of the molecule is CONC1=CN(C(=O)c2ccc(-c3ccccc3C)cc2)C(c2noc(CN(C)C)n2)C1. The Hall–Kier alpha value is -3.49. The second kappa shape index (κ2) is 9.33. The highest BCUT2D eigenvalue weighted by Gasteiger charge is 2.35. The molecule has 8 heteroatoms. The first-order valence-electron chi connectivity index (χ1n) is 10.4. The number of nitrogens with one attached hydrogen (secondary N) is 1. The van der Waals surface area contributed by atoms with Crippen LogP contribution in [-0.4, -0.2) is 47.1 Å². The summed E-state index contributed by atoms with van der Waals surface area (Å²) in [5.74, 6) is 0.835. The number of carbonyl (C=O) groups is 1. The molecule has 0 fully saturated rings. The highest BCUT2D eigenvalue weighted by atomic mass is 16.6. The normalized spacial score (nSPS) is 15.8. The van der Waals surface area contributed by atoms with Crippen LogP contribution in [0.25, 0.3) is 11.1 Å². The van der Waals surface area contributed by atoms with Gasteiger partial charge in [0, 0.05) is 18.2 Å². The van der Waals surface area contributed by atoms with Crippen molar-refractivity contribution in [3.63, 3.8) is 0 Å². The van der Waals surface area contributed by atoms with Crippen molar-refractivity contribution in [3.05, 3.63) is 83.3 Å². The van der Waals surface area contributed by atoms with Crippen molar-refractivity contribution < 1.29 is 14.2 Å². The molecule has 4 rings (SSSR count). The maximum Gasteiger partial charge on any atom is 0.258 e. The molecule has 166 valence electrons. The summed E-state index contributed by atoms with van der Waals surface area (Å²) in [6.45, 7) is 2.61. The van der Waals surface area contributed by atoms with Crippen molar-refractivity contribution >= 4 is 5.91 Å². The lowest BCUT2D eigenvalue weighted by Crippen LogP contribution is -2.28. The van der Waals surface area contributed by atoms with Gasteiger partial charge in [-0.15, -0.1) is 0 Å². The molecule has 2 aromatic carbocycles. The summed E-state index contributed by atoms with van der Waals surface area (Å²) in [5.41, 5.74) is 7.59. The molecule has 0 radical (unpaired) electrons. The van der Waals surface area contributed by atoms with Gasteiger partial charge in [0.15, 0.2) is 5.82 Å². The lowest BCUT2D eigenvalue weighted by atomic mass is 9.99. The minimum Gasteiger partial charge on any atom is -0.338 e. The van der Waals surface area contributed by atoms with E-state index in [1.54, 1.807) is 11.1 Å². The zero-order valence-corrected chi connectivity index (χ0v) is 18.7. The quantitative estimate of drug-likeness (QED) is 0.569. The Balaban J connectivity index is 1.59. The van der Waals surface area contributed by atoms with E-state index >= 15 is 0 Å². The number of hydrogen-bond acceptors (Lipinski definition) is 7. The minimum atomic E-state index is -0.379. The molecular weight excluding hydrogens is 406 g/mol. The predicted octanol–water partition coefficient (Wildman–Crippen LogP) is 3.69. The largest absolute Gasteiger partial charge is 0.338 e. The Bertz CT molecular complexity index is 1120. The Morgan fingerprint density at radius 1 is 1.22 bits per heavy atom. The van der Waals surface area contributed by atoms with Gasteiger partial charge in [0.1, 0.15) is 6.04 Å². The van der Waals surface area contributed by atoms with Crippen molar-refractivity contribution in [1.29, 1.82) is 0 Å². The summed E-state index contributed by atoms with van der Waals surface area (Å²) in [6.07, 6.45) is 2.25. The molecule has 1 atom stereocenters. The number of benzene rings is 2. The summed E-state index contributed by atoms with van der Waals surface area (Å²) in [5, 5.41) is 4.13. The van der Waals surface area contributed by atoms with E-state index < -0.39 is 0 Å². The minimum absolute atomic E-state index is 0.141. The number of carbonyl (C=O) groups excluding carboxylic acids is 1. The van der Waals surface area contributed by atoms with E-state index in [2.05, 4.69) is 34.7 Å². The Morgan fingerprint density at radius 2 is 1.97 bits per heavy atom. The van der Waals surface area contributed by atoms with Gasteiger partial charge in [0.05, 0.1) is 19.4 Å². The van der Waals surface area contributed by atoms with Gasteiger partial charge in [-0.3, -0.25) is 15.1 Å². The van der Waals surface area contributed by atoms with Crippen molar-refractivity contribution in [2.45, 2.75) is 25.9 Å². The topological polar surface area (TPSA) is 83.7 Å². The number of amides is 1. The van der Waals surface area contributed by atoms with Gasteiger partial charge in [-0.2, -0.15) is 4.98 Å². The van der Waals surface area contributed by atoms with Crippen LogP contribution < -0.4 is 5.48 Å². The van der Waals surface area contributed by atoms with Crippen molar-refractivity contribution in [2.24, 2.45) is 0 Å². The molecule has 0 saturated carbocycles. The van der Waals surface area contributed by atoms with E-state index in [0.29, 0.717) is 30.2 Å². The number of rotatable bonds is 7. The average Bonchev–Trinajstić information content (AvgIpc) is 3.40. The fraction of sp³-hybridized carbons (Fsp3) is 0.292. The number of aromatic nitrogens is 2. The van der Waals surface area contributed by atoms with Crippen LogP contribution in [0.1, 0.15) is 40.1 Å². The van der Waals surface area contributed by atoms with Gasteiger partial charge in [-0.1, -0.05) is 41.6 Å². The molecule has 0 spiro atoms. The van der Waals surface area contributed by atoms with Crippen LogP contribution in [0.15, 0.2) is 65.0 Å². The number of hydrogen-bond donors (Lipinski definition) is 1. The van der Waals surface area contributed by atoms with Crippen LogP contribution in [0.2, 0.25) is 0 Å². The molecule has 0 aliphatic carbocycles. The monoisotopic (exact) mass is 433 g/mol. The van der Waals surface area contributed by atoms with Crippen LogP contribution in [0.4, 0.5) is 0 Å². The smallest absolute Gasteiger partial charge is 0.258 e. The number of aryl methyl sites for hydroxylation is 1. The first-order chi connectivity index (χ1) is 15.5. The molecule has 0 bridgehead atoms. The Labute approximate surface area is 187 Å². The van der Waals surface area contributed by atoms with Crippen LogP contribution in [0.5, 0.6) is 0 Å². The maximum absolute atomic E-state index is 13.4. The van der Waals surface area contributed by atoms with Gasteiger partial charge >= 0.3 is 0 Å². The lowest BCUT2D eigenvalue weighted by molar-refractivity contribution is 0.0777. The predicted molar refractivity (Wildman–Crippen MR) is 120 cm³/mol. The zero-order chi connectivity index (χ0) is 22.7. The molecule has 1 aromatic heterocycles. The van der Waals surface area contributed by atoms with Crippen molar-refractivity contribution in [1.82, 2.24) is 25.4 Å². The molecule has 1 amide bonds. The highest BCUT2D eigenvalue weighted by Crippen LogP contribution is 2.34. The maximum atomic E-state index is 13.4. The second-order valence-corrected chi connectivity index (χ2v) is 8.07. The molecule has 0 saturated heterocycles. The first-order valence-corrected chi connectivity index (χ1v) is 10.4. The van der Waals surface area contributed by atoms with E-state index in [1.807, 2.05) is 55.4 Å². The van der Waals surface area contributed by atoms with Crippen LogP contribution in [0, 0.1) is 6.92 Å². The molecule has 1 aliphatic rings. The molecule has 3 aromatic rings. The Kier molecular flexibility index (Phi) is 6.34. The summed E-state index contributed by atoms with van der Waals surface area (Å²) in [4.78, 5) is 26.5. The average molecular weight is 434 g/mol. The summed E-state index contributed by atoms with van der Waals surface area (Å²) >= 11 is 0. The molecule has 1 N–H and O–H groups in total. The van der Waals surface area contributed by atoms with E-state index in [9.17, 15) is 4.79 Å². The third kappa shape index (κ3) is 4.56. The van der Waals surface area contributed by atoms with Crippen molar-refractivity contribution in [2.75, 3.05) is 21.2 Å². The summed E-state index contributed by atoms with van der Waals surface area (Å²) in [6, 6.07) is 15.5. The van der Waals surface area contributed by atoms with E-state index in [-0.39, 0.29) is 11.9 Å². The standard InChI is InChI=1S/C24H27N5O3/c1-16-7-5-6-8-20(16)17-9-11-18(12-10-17)24(30)29-14-19(26-31-4)13-21(29)23-25-22(32-27-23)15-28(2)3/h5-12,14,21,26H,13,15H2,1-4H3. The molecule has 2 heterocycles. The summed E-state index contributed by atoms with van der Waals surface area (Å²) < 4.78 is 5.38. The highest BCUT2D eigenvalue weighted by molar-refractivity contribution is 5.96. The number of hydroxylamine groups is 1. The van der Waals surface area contributed by atoms with Gasteiger partial charge in [-0.05, 0) is 49.8 Å². The molecular formula is C24H27N5O3. The van der Waals surface area contributed by atoms with Crippen LogP contribution >= 0.6 is 0 Å². The molecule has 1 aliphatic heterocycles. The summed E-state index contributed by atoms with van der Waals surface area (Å²) in [7, 11) is 5.39. The molecule has 8 nitrogen and oxygen atoms in total. The first kappa shape index (κ1) is 21.7. The van der Waals surface area contributed by atoms with E-state index in [4.69, 9.17) is 9.36 Å². The third-order valence-electron chi connectivity index (χ3n) is 5.33. The van der Waals surface area contributed by atoms with Crippen molar-refractivity contribution in [3.8, 4) is 11.1 Å². The van der Waals surface area contributed by atoms with Gasteiger partial charge < -0.3 is 14.3 Å². The second-order valence-electron chi connectivity index (χ2n) is 8.07. The van der Waals surface area contributed by atoms with Crippen LogP contribution in [0.3, 0.4) is 0 Å². The fourth-order valence-corrected chi connectivity index (χ4v) is 3.81. The zero-order valence-electron chi connectivity index (χ0n) is 18.7. The number of nitrogens with zero attached hydrogens (tertiary/aromatic N) is 4. The lowest BCUT2D eigenvalue weighted by Gasteiger charge is -2.21. The van der Waals surface area contributed by atoms with Gasteiger partial charge in [-0.25, -0.2) is 0 Å². The molecule has 32 heavy (non-hydrogen) atoms. The van der Waals surface area contributed by atoms with E-state index in [0.717, 1.165) is 16.8 Å². The van der Waals surface area contributed by atoms with Gasteiger partial charge in [0.25, 0.3) is 5.91 Å². The third-order valence-corrected chi connectivity index (χ3v) is 5.33. The Morgan fingerprint density at radius 3 is 2.66 bits per heavy atom. The van der Waals surface area contributed by atoms with E-state index in [1.165, 1.54) is 12.7 Å². The molecule has 1 unspecified atom stereocenters. The fourth-order valence-electron chi connectivity index (χ4n) is 3.81.